The van der Waals surface area contributed by atoms with Crippen molar-refractivity contribution in [3.05, 3.63) is 176 Å². The summed E-state index contributed by atoms with van der Waals surface area (Å²) in [5.41, 5.74) is 6.60. The molecule has 0 aliphatic carbocycles. The van der Waals surface area contributed by atoms with Gasteiger partial charge in [-0.15, -0.1) is 0 Å². The van der Waals surface area contributed by atoms with Crippen LogP contribution in [0.5, 0.6) is 0 Å². The van der Waals surface area contributed by atoms with Crippen LogP contribution in [0.4, 0.5) is 17.1 Å². The smallest absolute Gasteiger partial charge is 0.143 e. The maximum atomic E-state index is 9.41. The molecule has 0 aliphatic rings. The molecule has 216 valence electrons. The van der Waals surface area contributed by atoms with Crippen molar-refractivity contribution < 1.29 is 9.90 Å². The van der Waals surface area contributed by atoms with Gasteiger partial charge in [-0.1, -0.05) is 139 Å². The number of rotatable bonds is 5. The summed E-state index contributed by atoms with van der Waals surface area (Å²) in [6.07, 6.45) is 0. The lowest BCUT2D eigenvalue weighted by molar-refractivity contribution is 0.672. The zero-order valence-corrected chi connectivity index (χ0v) is 24.8. The highest BCUT2D eigenvalue weighted by atomic mass is 16.3. The fourth-order valence-electron chi connectivity index (χ4n) is 6.66. The molecule has 0 unspecified atom stereocenters. The third-order valence-corrected chi connectivity index (χ3v) is 8.79. The summed E-state index contributed by atoms with van der Waals surface area (Å²) in [6.45, 7) is 0. The molecular weight excluding hydrogens is 558 g/mol. The molecule has 1 heterocycles. The summed E-state index contributed by atoms with van der Waals surface area (Å²) in [4.78, 5) is 1.97. The molecule has 0 radical (unpaired) electrons. The third-order valence-electron chi connectivity index (χ3n) is 8.79. The number of furan rings is 1. The average molecular weight is 592 g/mol. The minimum Gasteiger partial charge on any atom is -0.455 e. The van der Waals surface area contributed by atoms with E-state index in [1.54, 1.807) is 0 Å². The van der Waals surface area contributed by atoms with Crippen LogP contribution in [0.1, 0.15) is 5.48 Å². The van der Waals surface area contributed by atoms with Gasteiger partial charge in [0.05, 0.1) is 22.2 Å². The van der Waals surface area contributed by atoms with Crippen LogP contribution in [0, 0.1) is 0 Å². The first-order chi connectivity index (χ1) is 24.5. The van der Waals surface area contributed by atoms with Gasteiger partial charge in [0.2, 0.25) is 0 Å². The Balaban J connectivity index is 1.36. The van der Waals surface area contributed by atoms with E-state index in [2.05, 4.69) is 72.8 Å². The van der Waals surface area contributed by atoms with Crippen LogP contribution in [0.2, 0.25) is 0 Å². The van der Waals surface area contributed by atoms with Crippen molar-refractivity contribution in [3.63, 3.8) is 0 Å². The monoisotopic (exact) mass is 591 g/mol. The van der Waals surface area contributed by atoms with Gasteiger partial charge in [0.25, 0.3) is 0 Å². The van der Waals surface area contributed by atoms with Gasteiger partial charge < -0.3 is 9.32 Å². The highest BCUT2D eigenvalue weighted by molar-refractivity contribution is 6.19. The molecule has 2 nitrogen and oxygen atoms in total. The Labute approximate surface area is 273 Å². The van der Waals surface area contributed by atoms with Crippen molar-refractivity contribution in [2.75, 3.05) is 4.90 Å². The first kappa shape index (κ1) is 22.4. The number of fused-ring (bicyclic) bond motifs is 6. The minimum atomic E-state index is -0.294. The number of hydrogen-bond acceptors (Lipinski definition) is 2. The third kappa shape index (κ3) is 4.27. The van der Waals surface area contributed by atoms with E-state index >= 15 is 0 Å². The van der Waals surface area contributed by atoms with Crippen LogP contribution in [-0.4, -0.2) is 0 Å². The molecule has 46 heavy (non-hydrogen) atoms. The molecule has 9 rings (SSSR count). The number of benzene rings is 8. The Kier molecular flexibility index (Phi) is 5.26. The lowest BCUT2D eigenvalue weighted by Crippen LogP contribution is -2.11. The normalized spacial score (nSPS) is 12.7. The van der Waals surface area contributed by atoms with E-state index < -0.39 is 0 Å². The molecule has 0 atom stereocenters. The van der Waals surface area contributed by atoms with Gasteiger partial charge in [0, 0.05) is 22.0 Å². The lowest BCUT2D eigenvalue weighted by Gasteiger charge is -2.28. The highest BCUT2D eigenvalue weighted by Gasteiger charge is 2.22. The van der Waals surface area contributed by atoms with Crippen molar-refractivity contribution in [1.29, 1.82) is 0 Å². The van der Waals surface area contributed by atoms with Crippen LogP contribution < -0.4 is 4.90 Å². The molecule has 2 heteroatoms. The molecule has 1 aromatic heterocycles. The fourth-order valence-corrected chi connectivity index (χ4v) is 6.66. The summed E-state index contributed by atoms with van der Waals surface area (Å²) in [6, 6.07) is 49.7. The molecule has 0 amide bonds. The molecule has 0 bridgehead atoms. The molecule has 0 N–H and O–H groups in total. The van der Waals surface area contributed by atoms with E-state index in [9.17, 15) is 2.74 Å². The van der Waals surface area contributed by atoms with E-state index in [1.807, 2.05) is 83.8 Å². The number of hydrogen-bond donors (Lipinski definition) is 0. The van der Waals surface area contributed by atoms with Crippen LogP contribution in [-0.2, 0) is 0 Å². The second kappa shape index (κ2) is 10.8. The predicted molar refractivity (Wildman–Crippen MR) is 194 cm³/mol. The summed E-state index contributed by atoms with van der Waals surface area (Å²) < 4.78 is 42.7. The predicted octanol–water partition coefficient (Wildman–Crippen LogP) is 12.7. The Hall–Kier alpha value is -6.12. The zero-order valence-electron chi connectivity index (χ0n) is 28.8. The van der Waals surface area contributed by atoms with Gasteiger partial charge in [-0.25, -0.2) is 0 Å². The summed E-state index contributed by atoms with van der Waals surface area (Å²) >= 11 is 0. The summed E-state index contributed by atoms with van der Waals surface area (Å²) in [5.74, 6) is 0. The van der Waals surface area contributed by atoms with E-state index in [1.165, 1.54) is 0 Å². The Morgan fingerprint density at radius 1 is 0.457 bits per heavy atom. The van der Waals surface area contributed by atoms with E-state index in [0.29, 0.717) is 22.4 Å². The van der Waals surface area contributed by atoms with Crippen LogP contribution in [0.3, 0.4) is 0 Å². The second-order valence-corrected chi connectivity index (χ2v) is 11.4. The van der Waals surface area contributed by atoms with Crippen molar-refractivity contribution in [1.82, 2.24) is 0 Å². The largest absolute Gasteiger partial charge is 0.455 e. The van der Waals surface area contributed by atoms with Gasteiger partial charge in [0.15, 0.2) is 0 Å². The molecule has 0 spiro atoms. The summed E-state index contributed by atoms with van der Waals surface area (Å²) in [7, 11) is 0. The lowest BCUT2D eigenvalue weighted by atomic mass is 9.97. The SMILES string of the molecule is [2H]c1c([2H])c([2H])c(N(c2ccc(-c3cccc4ccccc34)cc2)c2cccc3oc4c5ccccc5ccc4c23)c(-c2ccccc2)c1[2H]. The first-order valence-electron chi connectivity index (χ1n) is 17.4. The molecule has 0 saturated heterocycles. The second-order valence-electron chi connectivity index (χ2n) is 11.4. The maximum Gasteiger partial charge on any atom is 0.143 e. The van der Waals surface area contributed by atoms with Crippen molar-refractivity contribution in [2.45, 2.75) is 0 Å². The van der Waals surface area contributed by atoms with Gasteiger partial charge in [-0.2, -0.15) is 0 Å². The average Bonchev–Trinajstić information content (AvgIpc) is 3.57. The Bertz CT molecular complexity index is 2750. The molecule has 8 aromatic carbocycles. The van der Waals surface area contributed by atoms with Crippen molar-refractivity contribution in [2.24, 2.45) is 0 Å². The van der Waals surface area contributed by atoms with Gasteiger partial charge in [-0.3, -0.25) is 0 Å². The van der Waals surface area contributed by atoms with E-state index in [4.69, 9.17) is 7.16 Å². The standard InChI is InChI=1S/C44H29NO/c1-2-12-31(13-3-1)37-18-8-9-21-40(37)45(34-27-24-33(25-28-34)36-20-10-16-30-14-4-6-17-35(30)36)41-22-11-23-42-43(41)39-29-26-32-15-5-7-19-38(32)44(39)46-42/h1-29H/i8D,9D,18D,21D. The van der Waals surface area contributed by atoms with Crippen molar-refractivity contribution in [3.8, 4) is 22.3 Å². The molecule has 9 aromatic rings. The van der Waals surface area contributed by atoms with Gasteiger partial charge in [0.1, 0.15) is 11.2 Å². The van der Waals surface area contributed by atoms with Gasteiger partial charge >= 0.3 is 0 Å². The maximum absolute atomic E-state index is 9.41. The topological polar surface area (TPSA) is 16.4 Å². The fraction of sp³-hybridized carbons (Fsp3) is 0. The number of anilines is 3. The van der Waals surface area contributed by atoms with Crippen LogP contribution in [0.25, 0.3) is 65.7 Å². The quantitative estimate of drug-likeness (QED) is 0.198. The molecule has 0 saturated carbocycles. The highest BCUT2D eigenvalue weighted by Crippen LogP contribution is 2.47. The first-order valence-corrected chi connectivity index (χ1v) is 15.4. The van der Waals surface area contributed by atoms with Crippen LogP contribution in [0.15, 0.2) is 180 Å². The zero-order chi connectivity index (χ0) is 33.9. The molecular formula is C44H29NO. The van der Waals surface area contributed by atoms with Crippen LogP contribution >= 0.6 is 0 Å². The number of para-hydroxylation sites is 1. The van der Waals surface area contributed by atoms with Crippen molar-refractivity contribution >= 4 is 60.5 Å². The Morgan fingerprint density at radius 2 is 1.13 bits per heavy atom. The van der Waals surface area contributed by atoms with E-state index in [0.717, 1.165) is 60.4 Å². The molecule has 0 aliphatic heterocycles. The summed E-state index contributed by atoms with van der Waals surface area (Å²) in [5, 5.41) is 6.18. The Morgan fingerprint density at radius 3 is 1.98 bits per heavy atom. The molecule has 0 fully saturated rings. The van der Waals surface area contributed by atoms with E-state index in [-0.39, 0.29) is 24.2 Å². The van der Waals surface area contributed by atoms with Gasteiger partial charge in [-0.05, 0) is 69.2 Å². The minimum absolute atomic E-state index is 0.0974. The number of nitrogens with zero attached hydrogens (tertiary/aromatic N) is 1.